The van der Waals surface area contributed by atoms with Gasteiger partial charge in [-0.25, -0.2) is 9.18 Å². The van der Waals surface area contributed by atoms with E-state index in [-0.39, 0.29) is 18.2 Å². The van der Waals surface area contributed by atoms with E-state index in [0.29, 0.717) is 61.8 Å². The third kappa shape index (κ3) is 4.39. The lowest BCUT2D eigenvalue weighted by Crippen LogP contribution is -2.29. The lowest BCUT2D eigenvalue weighted by atomic mass is 9.79. The van der Waals surface area contributed by atoms with Crippen LogP contribution in [0.3, 0.4) is 0 Å². The van der Waals surface area contributed by atoms with E-state index in [2.05, 4.69) is 21.2 Å². The fourth-order valence-electron chi connectivity index (χ4n) is 4.94. The van der Waals surface area contributed by atoms with Crippen molar-refractivity contribution in [3.05, 3.63) is 110 Å². The normalized spacial score (nSPS) is 16.1. The molecule has 0 amide bonds. The largest absolute Gasteiger partial charge is 0.490 e. The van der Waals surface area contributed by atoms with E-state index < -0.39 is 11.9 Å². The van der Waals surface area contributed by atoms with Crippen molar-refractivity contribution in [3.8, 4) is 11.5 Å². The molecule has 1 aliphatic carbocycles. The fraction of sp³-hybridized carbons (Fsp3) is 0.200. The molecule has 0 spiro atoms. The van der Waals surface area contributed by atoms with Crippen molar-refractivity contribution in [2.45, 2.75) is 26.4 Å². The minimum atomic E-state index is -0.729. The molecule has 0 saturated heterocycles. The van der Waals surface area contributed by atoms with Crippen LogP contribution in [0.25, 0.3) is 5.70 Å². The van der Waals surface area contributed by atoms with Crippen LogP contribution in [0.2, 0.25) is 0 Å². The molecule has 38 heavy (non-hydrogen) atoms. The Morgan fingerprint density at radius 2 is 1.71 bits per heavy atom. The van der Waals surface area contributed by atoms with Gasteiger partial charge >= 0.3 is 5.97 Å². The first-order valence-corrected chi connectivity index (χ1v) is 12.9. The van der Waals surface area contributed by atoms with Crippen LogP contribution in [0.15, 0.2) is 82.0 Å². The molecule has 0 radical (unpaired) electrons. The zero-order valence-electron chi connectivity index (χ0n) is 21.1. The highest BCUT2D eigenvalue weighted by molar-refractivity contribution is 9.10. The minimum Gasteiger partial charge on any atom is -0.490 e. The Kier molecular flexibility index (Phi) is 7.08. The van der Waals surface area contributed by atoms with Gasteiger partial charge in [0.1, 0.15) is 12.4 Å². The van der Waals surface area contributed by atoms with Crippen LogP contribution in [-0.2, 0) is 16.1 Å². The second-order valence-electron chi connectivity index (χ2n) is 8.89. The molecule has 2 aliphatic rings. The van der Waals surface area contributed by atoms with Gasteiger partial charge in [0, 0.05) is 32.4 Å². The maximum Gasteiger partial charge on any atom is 0.336 e. The Balaban J connectivity index is 1.63. The highest BCUT2D eigenvalue weighted by Gasteiger charge is 2.43. The van der Waals surface area contributed by atoms with Crippen molar-refractivity contribution in [1.82, 2.24) is 5.32 Å². The Hall–Kier alpha value is -3.91. The van der Waals surface area contributed by atoms with Crippen molar-refractivity contribution in [3.63, 3.8) is 0 Å². The SMILES string of the molecule is CCOc1cc([C@H]2C(C(=O)OC)=C(C)NC3=C2C(=O)c2ccccc23)c(Br)cc1OCc1ccccc1F. The average Bonchev–Trinajstić information content (AvgIpc) is 3.19. The zero-order chi connectivity index (χ0) is 27.0. The zero-order valence-corrected chi connectivity index (χ0v) is 22.6. The summed E-state index contributed by atoms with van der Waals surface area (Å²) in [5.41, 5.74) is 4.45. The van der Waals surface area contributed by atoms with E-state index >= 15 is 0 Å². The molecule has 1 atom stereocenters. The van der Waals surface area contributed by atoms with Gasteiger partial charge in [0.15, 0.2) is 17.3 Å². The van der Waals surface area contributed by atoms with Crippen LogP contribution < -0.4 is 14.8 Å². The van der Waals surface area contributed by atoms with Crippen LogP contribution in [0, 0.1) is 5.82 Å². The predicted molar refractivity (Wildman–Crippen MR) is 144 cm³/mol. The van der Waals surface area contributed by atoms with E-state index in [9.17, 15) is 14.0 Å². The summed E-state index contributed by atoms with van der Waals surface area (Å²) < 4.78 is 31.8. The molecule has 0 saturated carbocycles. The molecule has 0 fully saturated rings. The molecule has 3 aromatic carbocycles. The number of Topliss-reactive ketones (excluding diaryl/α,β-unsaturated/α-hetero) is 1. The Bertz CT molecular complexity index is 1530. The number of dihydropyridines is 1. The molecule has 194 valence electrons. The van der Waals surface area contributed by atoms with Crippen LogP contribution in [0.1, 0.15) is 46.8 Å². The smallest absolute Gasteiger partial charge is 0.336 e. The molecule has 1 N–H and O–H groups in total. The molecule has 5 rings (SSSR count). The summed E-state index contributed by atoms with van der Waals surface area (Å²) in [5.74, 6) is -0.986. The van der Waals surface area contributed by atoms with Gasteiger partial charge in [-0.05, 0) is 37.6 Å². The molecule has 1 heterocycles. The number of ether oxygens (including phenoxy) is 3. The molecule has 6 nitrogen and oxygen atoms in total. The number of halogens is 2. The van der Waals surface area contributed by atoms with Crippen LogP contribution in [0.4, 0.5) is 4.39 Å². The summed E-state index contributed by atoms with van der Waals surface area (Å²) in [4.78, 5) is 26.7. The number of allylic oxidation sites excluding steroid dienone is 2. The third-order valence-electron chi connectivity index (χ3n) is 6.67. The Morgan fingerprint density at radius 3 is 2.42 bits per heavy atom. The van der Waals surface area contributed by atoms with Crippen LogP contribution in [-0.4, -0.2) is 25.5 Å². The van der Waals surface area contributed by atoms with Crippen molar-refractivity contribution in [2.24, 2.45) is 0 Å². The van der Waals surface area contributed by atoms with Crippen molar-refractivity contribution >= 4 is 33.4 Å². The van der Waals surface area contributed by atoms with Crippen molar-refractivity contribution in [1.29, 1.82) is 0 Å². The average molecular weight is 578 g/mol. The topological polar surface area (TPSA) is 73.9 Å². The highest BCUT2D eigenvalue weighted by atomic mass is 79.9. The van der Waals surface area contributed by atoms with Gasteiger partial charge in [0.05, 0.1) is 30.9 Å². The summed E-state index contributed by atoms with van der Waals surface area (Å²) in [6.07, 6.45) is 0. The number of ketones is 1. The molecular weight excluding hydrogens is 553 g/mol. The first-order chi connectivity index (χ1) is 18.3. The van der Waals surface area contributed by atoms with Crippen LogP contribution in [0.5, 0.6) is 11.5 Å². The van der Waals surface area contributed by atoms with Gasteiger partial charge in [0.25, 0.3) is 0 Å². The van der Waals surface area contributed by atoms with E-state index in [1.54, 1.807) is 43.3 Å². The molecule has 0 aromatic heterocycles. The van der Waals surface area contributed by atoms with Gasteiger partial charge in [-0.3, -0.25) is 4.79 Å². The molecular formula is C30H25BrFNO5. The molecule has 0 unspecified atom stereocenters. The van der Waals surface area contributed by atoms with E-state index in [4.69, 9.17) is 14.2 Å². The summed E-state index contributed by atoms with van der Waals surface area (Å²) in [6.45, 7) is 3.98. The molecule has 3 aromatic rings. The number of fused-ring (bicyclic) bond motifs is 2. The molecule has 8 heteroatoms. The first kappa shape index (κ1) is 25.7. The quantitative estimate of drug-likeness (QED) is 0.332. The summed E-state index contributed by atoms with van der Waals surface area (Å²) >= 11 is 3.64. The molecule has 0 bridgehead atoms. The lowest BCUT2D eigenvalue weighted by Gasteiger charge is -2.30. The van der Waals surface area contributed by atoms with Crippen molar-refractivity contribution < 1.29 is 28.2 Å². The highest BCUT2D eigenvalue weighted by Crippen LogP contribution is 2.50. The monoisotopic (exact) mass is 577 g/mol. The summed E-state index contributed by atoms with van der Waals surface area (Å²) in [5, 5.41) is 3.28. The van der Waals surface area contributed by atoms with Gasteiger partial charge in [-0.15, -0.1) is 0 Å². The van der Waals surface area contributed by atoms with Gasteiger partial charge in [-0.2, -0.15) is 0 Å². The Labute approximate surface area is 228 Å². The number of hydrogen-bond acceptors (Lipinski definition) is 6. The predicted octanol–water partition coefficient (Wildman–Crippen LogP) is 6.31. The fourth-order valence-corrected chi connectivity index (χ4v) is 5.50. The number of carbonyl (C=O) groups is 2. The Morgan fingerprint density at radius 1 is 1.03 bits per heavy atom. The third-order valence-corrected chi connectivity index (χ3v) is 7.36. The van der Waals surface area contributed by atoms with E-state index in [0.717, 1.165) is 5.56 Å². The van der Waals surface area contributed by atoms with E-state index in [1.807, 2.05) is 25.1 Å². The van der Waals surface area contributed by atoms with Gasteiger partial charge < -0.3 is 19.5 Å². The molecule has 1 aliphatic heterocycles. The first-order valence-electron chi connectivity index (χ1n) is 12.1. The van der Waals surface area contributed by atoms with Gasteiger partial charge in [-0.1, -0.05) is 58.4 Å². The lowest BCUT2D eigenvalue weighted by molar-refractivity contribution is -0.136. The number of carbonyl (C=O) groups excluding carboxylic acids is 2. The number of methoxy groups -OCH3 is 1. The standard InChI is InChI=1S/C30H25BrFNO5/c1-4-37-23-13-20(21(31)14-24(23)38-15-17-9-5-8-12-22(17)32)26-25(30(35)36-3)16(2)33-28-18-10-6-7-11-19(18)29(34)27(26)28/h5-14,26,33H,4,15H2,1-3H3/t26-/m0/s1. The number of rotatable bonds is 7. The minimum absolute atomic E-state index is 0.00139. The number of esters is 1. The summed E-state index contributed by atoms with van der Waals surface area (Å²) in [7, 11) is 1.31. The second kappa shape index (κ2) is 10.5. The van der Waals surface area contributed by atoms with Crippen molar-refractivity contribution in [2.75, 3.05) is 13.7 Å². The number of hydrogen-bond donors (Lipinski definition) is 1. The second-order valence-corrected chi connectivity index (χ2v) is 9.74. The van der Waals surface area contributed by atoms with Gasteiger partial charge in [0.2, 0.25) is 0 Å². The summed E-state index contributed by atoms with van der Waals surface area (Å²) in [6, 6.07) is 17.2. The van der Waals surface area contributed by atoms with Crippen LogP contribution >= 0.6 is 15.9 Å². The number of benzene rings is 3. The maximum atomic E-state index is 14.2. The maximum absolute atomic E-state index is 14.2. The van der Waals surface area contributed by atoms with E-state index in [1.165, 1.54) is 13.2 Å². The number of nitrogens with one attached hydrogen (secondary N) is 1.